The van der Waals surface area contributed by atoms with Crippen LogP contribution in [0.1, 0.15) is 13.8 Å². The molecule has 0 fully saturated rings. The summed E-state index contributed by atoms with van der Waals surface area (Å²) in [5.74, 6) is -2.17. The van der Waals surface area contributed by atoms with E-state index >= 15 is 0 Å². The van der Waals surface area contributed by atoms with Crippen LogP contribution in [0.4, 0.5) is 0 Å². The van der Waals surface area contributed by atoms with Crippen molar-refractivity contribution in [3.8, 4) is 0 Å². The maximum Gasteiger partial charge on any atom is 1.00 e. The molecule has 0 aliphatic rings. The van der Waals surface area contributed by atoms with Crippen LogP contribution in [0.5, 0.6) is 0 Å². The van der Waals surface area contributed by atoms with Gasteiger partial charge in [-0.1, -0.05) is 0 Å². The van der Waals surface area contributed by atoms with Crippen molar-refractivity contribution in [2.75, 3.05) is 13.1 Å². The van der Waals surface area contributed by atoms with Crippen molar-refractivity contribution < 1.29 is 138 Å². The Morgan fingerprint density at radius 2 is 0.875 bits per heavy atom. The number of rotatable bonds is 1. The summed E-state index contributed by atoms with van der Waals surface area (Å²) in [6.45, 7) is 3.14. The molecule has 0 aromatic rings. The van der Waals surface area contributed by atoms with E-state index in [4.69, 9.17) is 31.3 Å². The average molecular weight is 270 g/mol. The molecule has 74 valence electrons. The van der Waals surface area contributed by atoms with Crippen molar-refractivity contribution in [1.82, 2.24) is 0 Å². The quantitative estimate of drug-likeness (QED) is 0.455. The first-order valence-electron chi connectivity index (χ1n) is 3.13. The van der Waals surface area contributed by atoms with Crippen molar-refractivity contribution in [1.29, 1.82) is 0 Å². The molecule has 6 nitrogen and oxygen atoms in total. The average Bonchev–Trinajstić information content (AvgIpc) is 1.85. The Morgan fingerprint density at radius 1 is 0.812 bits per heavy atom. The molecule has 0 aromatic carbocycles. The van der Waals surface area contributed by atoms with Gasteiger partial charge in [0, 0.05) is 25.0 Å². The van der Waals surface area contributed by atoms with Gasteiger partial charge in [-0.05, 0) is 13.8 Å². The molecule has 0 radical (unpaired) electrons. The second kappa shape index (κ2) is 43.0. The van der Waals surface area contributed by atoms with Crippen molar-refractivity contribution >= 4 is 11.9 Å². The number of carbonyl (C=O) groups excluding carboxylic acids is 2. The Labute approximate surface area is 185 Å². The Kier molecular flexibility index (Phi) is 115. The van der Waals surface area contributed by atoms with Crippen LogP contribution in [0, 0.1) is 0 Å². The van der Waals surface area contributed by atoms with Gasteiger partial charge in [-0.2, -0.15) is 0 Å². The molecule has 0 spiro atoms. The summed E-state index contributed by atoms with van der Waals surface area (Å²) in [6, 6.07) is 0. The van der Waals surface area contributed by atoms with Gasteiger partial charge >= 0.3 is 118 Å². The van der Waals surface area contributed by atoms with Crippen LogP contribution in [0.3, 0.4) is 0 Å². The van der Waals surface area contributed by atoms with Gasteiger partial charge in [0.2, 0.25) is 0 Å². The third-order valence-corrected chi connectivity index (χ3v) is 0.167. The number of hydrogen-bond acceptors (Lipinski definition) is 6. The molecular weight excluding hydrogens is 256 g/mol. The maximum absolute atomic E-state index is 8.89. The Morgan fingerprint density at radius 3 is 0.875 bits per heavy atom. The SMILES string of the molecule is CC(=O)[O-].CC(=O)[O-].NCCN.[Na+].[Na+].[Na+].[Na+]. The molecule has 0 rings (SSSR count). The topological polar surface area (TPSA) is 132 Å². The minimum atomic E-state index is -1.08. The molecule has 0 heterocycles. The van der Waals surface area contributed by atoms with E-state index in [2.05, 4.69) is 0 Å². The van der Waals surface area contributed by atoms with E-state index in [0.29, 0.717) is 13.1 Å². The van der Waals surface area contributed by atoms with Crippen LogP contribution in [0.2, 0.25) is 0 Å². The summed E-state index contributed by atoms with van der Waals surface area (Å²) in [5, 5.41) is 17.8. The number of aliphatic carboxylic acids is 2. The largest absolute Gasteiger partial charge is 1.00 e. The summed E-state index contributed by atoms with van der Waals surface area (Å²) >= 11 is 0. The van der Waals surface area contributed by atoms with E-state index < -0.39 is 11.9 Å². The van der Waals surface area contributed by atoms with Crippen molar-refractivity contribution in [3.63, 3.8) is 0 Å². The van der Waals surface area contributed by atoms with Gasteiger partial charge in [-0.15, -0.1) is 0 Å². The van der Waals surface area contributed by atoms with Gasteiger partial charge in [0.15, 0.2) is 0 Å². The van der Waals surface area contributed by atoms with E-state index in [-0.39, 0.29) is 118 Å². The normalized spacial score (nSPS) is 5.00. The van der Waals surface area contributed by atoms with Crippen molar-refractivity contribution in [2.45, 2.75) is 13.8 Å². The smallest absolute Gasteiger partial charge is 0.550 e. The monoisotopic (exact) mass is 270 g/mol. The second-order valence-corrected chi connectivity index (χ2v) is 1.56. The predicted molar refractivity (Wildman–Crippen MR) is 39.5 cm³/mol. The maximum atomic E-state index is 8.89. The third-order valence-electron chi connectivity index (χ3n) is 0.167. The molecule has 0 amide bonds. The van der Waals surface area contributed by atoms with Gasteiger partial charge in [-0.3, -0.25) is 0 Å². The van der Waals surface area contributed by atoms with E-state index in [0.717, 1.165) is 13.8 Å². The zero-order valence-electron chi connectivity index (χ0n) is 11.2. The standard InChI is InChI=1S/C2H8N2.2C2H4O2.4Na/c3-1-2-4;2*1-2(3)4;;;;/h1-4H2;2*1H3,(H,3,4);;;;/q;;;4*+1/p-2. The molecular formula is C6H14N2Na4O4+2. The molecule has 16 heavy (non-hydrogen) atoms. The molecule has 0 atom stereocenters. The summed E-state index contributed by atoms with van der Waals surface area (Å²) in [5.41, 5.74) is 9.81. The molecule has 0 aliphatic heterocycles. The van der Waals surface area contributed by atoms with Crippen LogP contribution in [-0.4, -0.2) is 25.0 Å². The van der Waals surface area contributed by atoms with E-state index in [9.17, 15) is 0 Å². The van der Waals surface area contributed by atoms with Gasteiger partial charge in [0.1, 0.15) is 0 Å². The van der Waals surface area contributed by atoms with Crippen LogP contribution >= 0.6 is 0 Å². The molecule has 4 N–H and O–H groups in total. The summed E-state index contributed by atoms with van der Waals surface area (Å²) in [4.78, 5) is 17.8. The van der Waals surface area contributed by atoms with Crippen LogP contribution in [0.25, 0.3) is 0 Å². The van der Waals surface area contributed by atoms with Crippen LogP contribution < -0.4 is 140 Å². The zero-order chi connectivity index (χ0) is 10.6. The first-order valence-corrected chi connectivity index (χ1v) is 3.13. The van der Waals surface area contributed by atoms with E-state index in [1.54, 1.807) is 0 Å². The van der Waals surface area contributed by atoms with Gasteiger partial charge in [-0.25, -0.2) is 0 Å². The number of carboxylic acid groups (broad SMARTS) is 2. The zero-order valence-corrected chi connectivity index (χ0v) is 19.2. The second-order valence-electron chi connectivity index (χ2n) is 1.56. The van der Waals surface area contributed by atoms with Gasteiger partial charge in [0.25, 0.3) is 0 Å². The van der Waals surface area contributed by atoms with Gasteiger partial charge in [0.05, 0.1) is 0 Å². The molecule has 0 bridgehead atoms. The number of carbonyl (C=O) groups is 2. The molecule has 0 unspecified atom stereocenters. The molecule has 0 saturated heterocycles. The molecule has 10 heteroatoms. The Balaban J connectivity index is -0.0000000135. The summed E-state index contributed by atoms with van der Waals surface area (Å²) in [6.07, 6.45) is 0. The number of nitrogens with two attached hydrogens (primary N) is 2. The Hall–Kier alpha value is 2.86. The fourth-order valence-electron chi connectivity index (χ4n) is 0. The predicted octanol–water partition coefficient (Wildman–Crippen LogP) is -15.6. The fraction of sp³-hybridized carbons (Fsp3) is 0.667. The number of hydrogen-bond donors (Lipinski definition) is 2. The molecule has 0 aliphatic carbocycles. The minimum absolute atomic E-state index is 0. The van der Waals surface area contributed by atoms with E-state index in [1.807, 2.05) is 0 Å². The minimum Gasteiger partial charge on any atom is -0.550 e. The molecule has 0 aromatic heterocycles. The first kappa shape index (κ1) is 42.8. The van der Waals surface area contributed by atoms with Gasteiger partial charge < -0.3 is 31.3 Å². The van der Waals surface area contributed by atoms with Crippen molar-refractivity contribution in [2.24, 2.45) is 11.5 Å². The van der Waals surface area contributed by atoms with E-state index in [1.165, 1.54) is 0 Å². The van der Waals surface area contributed by atoms with Crippen molar-refractivity contribution in [3.05, 3.63) is 0 Å². The van der Waals surface area contributed by atoms with Crippen LogP contribution in [-0.2, 0) is 9.59 Å². The molecule has 0 saturated carbocycles. The first-order chi connectivity index (χ1) is 5.38. The third kappa shape index (κ3) is 285. The Bertz CT molecular complexity index is 107. The summed E-state index contributed by atoms with van der Waals surface area (Å²) < 4.78 is 0. The fourth-order valence-corrected chi connectivity index (χ4v) is 0. The number of carboxylic acids is 2. The van der Waals surface area contributed by atoms with Crippen LogP contribution in [0.15, 0.2) is 0 Å². The summed E-state index contributed by atoms with van der Waals surface area (Å²) in [7, 11) is 0.